The fourth-order valence-electron chi connectivity index (χ4n) is 1.40. The maximum Gasteiger partial charge on any atom is 0.335 e. The molecular weight excluding hydrogens is 186 g/mol. The van der Waals surface area contributed by atoms with Crippen molar-refractivity contribution in [1.29, 1.82) is 0 Å². The van der Waals surface area contributed by atoms with E-state index in [9.17, 15) is 4.79 Å². The average Bonchev–Trinajstić information content (AvgIpc) is 2.51. The number of carboxylic acid groups (broad SMARTS) is 1. The highest BCUT2D eigenvalue weighted by atomic mass is 32.2. The highest BCUT2D eigenvalue weighted by molar-refractivity contribution is 7.99. The third-order valence-corrected chi connectivity index (χ3v) is 2.94. The molecular formula is C9H9NO2S. The van der Waals surface area contributed by atoms with Crippen molar-refractivity contribution >= 4 is 23.4 Å². The Kier molecular flexibility index (Phi) is 1.92. The summed E-state index contributed by atoms with van der Waals surface area (Å²) in [6.45, 7) is 1.92. The molecule has 0 unspecified atom stereocenters. The van der Waals surface area contributed by atoms with Gasteiger partial charge in [-0.05, 0) is 24.6 Å². The van der Waals surface area contributed by atoms with Gasteiger partial charge in [0.25, 0.3) is 0 Å². The zero-order valence-electron chi connectivity index (χ0n) is 7.13. The van der Waals surface area contributed by atoms with E-state index >= 15 is 0 Å². The van der Waals surface area contributed by atoms with E-state index in [4.69, 9.17) is 5.11 Å². The second-order valence-electron chi connectivity index (χ2n) is 2.94. The Hall–Kier alpha value is -1.16. The number of carbonyl (C=O) groups is 1. The third-order valence-electron chi connectivity index (χ3n) is 2.02. The van der Waals surface area contributed by atoms with Crippen molar-refractivity contribution in [3.63, 3.8) is 0 Å². The molecule has 13 heavy (non-hydrogen) atoms. The molecule has 0 spiro atoms. The van der Waals surface area contributed by atoms with Crippen LogP contribution in [-0.2, 0) is 0 Å². The smallest absolute Gasteiger partial charge is 0.335 e. The SMILES string of the molecule is Cc1cc(C(=O)O)cc2c1NCS2. The van der Waals surface area contributed by atoms with Crippen LogP contribution in [0.1, 0.15) is 15.9 Å². The lowest BCUT2D eigenvalue weighted by atomic mass is 10.1. The number of aromatic carboxylic acids is 1. The summed E-state index contributed by atoms with van der Waals surface area (Å²) < 4.78 is 0. The number of carboxylic acids is 1. The molecule has 0 aromatic heterocycles. The second kappa shape index (κ2) is 2.96. The van der Waals surface area contributed by atoms with Crippen LogP contribution < -0.4 is 5.32 Å². The summed E-state index contributed by atoms with van der Waals surface area (Å²) in [5.74, 6) is -0.0300. The highest BCUT2D eigenvalue weighted by Crippen LogP contribution is 2.36. The Morgan fingerprint density at radius 1 is 1.62 bits per heavy atom. The number of fused-ring (bicyclic) bond motifs is 1. The van der Waals surface area contributed by atoms with E-state index in [0.717, 1.165) is 22.0 Å². The molecule has 68 valence electrons. The number of benzene rings is 1. The van der Waals surface area contributed by atoms with E-state index in [2.05, 4.69) is 5.32 Å². The number of aryl methyl sites for hydroxylation is 1. The van der Waals surface area contributed by atoms with Gasteiger partial charge in [-0.2, -0.15) is 0 Å². The highest BCUT2D eigenvalue weighted by Gasteiger charge is 2.16. The summed E-state index contributed by atoms with van der Waals surface area (Å²) in [5, 5.41) is 12.0. The number of rotatable bonds is 1. The van der Waals surface area contributed by atoms with Crippen molar-refractivity contribution in [2.75, 3.05) is 11.2 Å². The molecule has 0 saturated heterocycles. The Morgan fingerprint density at radius 3 is 3.08 bits per heavy atom. The second-order valence-corrected chi connectivity index (χ2v) is 3.95. The van der Waals surface area contributed by atoms with Gasteiger partial charge >= 0.3 is 5.97 Å². The first-order valence-corrected chi connectivity index (χ1v) is 4.91. The molecule has 0 radical (unpaired) electrons. The monoisotopic (exact) mass is 195 g/mol. The summed E-state index contributed by atoms with van der Waals surface area (Å²) >= 11 is 1.64. The van der Waals surface area contributed by atoms with E-state index in [1.165, 1.54) is 0 Å². The van der Waals surface area contributed by atoms with E-state index in [-0.39, 0.29) is 0 Å². The summed E-state index contributed by atoms with van der Waals surface area (Å²) in [7, 11) is 0. The summed E-state index contributed by atoms with van der Waals surface area (Å²) in [6.07, 6.45) is 0. The van der Waals surface area contributed by atoms with Crippen LogP contribution in [-0.4, -0.2) is 17.0 Å². The van der Waals surface area contributed by atoms with Crippen molar-refractivity contribution in [2.24, 2.45) is 0 Å². The van der Waals surface area contributed by atoms with Gasteiger partial charge in [0.2, 0.25) is 0 Å². The molecule has 0 atom stereocenters. The van der Waals surface area contributed by atoms with Gasteiger partial charge < -0.3 is 10.4 Å². The summed E-state index contributed by atoms with van der Waals surface area (Å²) in [6, 6.07) is 3.41. The molecule has 0 amide bonds. The van der Waals surface area contributed by atoms with E-state index in [1.54, 1.807) is 23.9 Å². The first-order valence-electron chi connectivity index (χ1n) is 3.93. The maximum atomic E-state index is 10.7. The molecule has 0 bridgehead atoms. The molecule has 2 N–H and O–H groups in total. The molecule has 4 heteroatoms. The van der Waals surface area contributed by atoms with Crippen LogP contribution in [0.4, 0.5) is 5.69 Å². The summed E-state index contributed by atoms with van der Waals surface area (Å²) in [5.41, 5.74) is 2.45. The number of anilines is 1. The fraction of sp³-hybridized carbons (Fsp3) is 0.222. The minimum Gasteiger partial charge on any atom is -0.478 e. The van der Waals surface area contributed by atoms with Gasteiger partial charge in [0.05, 0.1) is 17.1 Å². The van der Waals surface area contributed by atoms with Crippen molar-refractivity contribution in [3.05, 3.63) is 23.3 Å². The first-order chi connectivity index (χ1) is 6.18. The lowest BCUT2D eigenvalue weighted by Crippen LogP contribution is -1.98. The Balaban J connectivity index is 2.55. The molecule has 1 heterocycles. The predicted molar refractivity (Wildman–Crippen MR) is 52.5 cm³/mol. The Morgan fingerprint density at radius 2 is 2.38 bits per heavy atom. The lowest BCUT2D eigenvalue weighted by Gasteiger charge is -2.04. The van der Waals surface area contributed by atoms with Crippen LogP contribution in [0.3, 0.4) is 0 Å². The van der Waals surface area contributed by atoms with Crippen LogP contribution in [0.25, 0.3) is 0 Å². The quantitative estimate of drug-likeness (QED) is 0.721. The van der Waals surface area contributed by atoms with Crippen molar-refractivity contribution in [2.45, 2.75) is 11.8 Å². The lowest BCUT2D eigenvalue weighted by molar-refractivity contribution is 0.0696. The topological polar surface area (TPSA) is 49.3 Å². The largest absolute Gasteiger partial charge is 0.478 e. The van der Waals surface area contributed by atoms with Crippen LogP contribution in [0.5, 0.6) is 0 Å². The van der Waals surface area contributed by atoms with Crippen molar-refractivity contribution in [3.8, 4) is 0 Å². The van der Waals surface area contributed by atoms with E-state index < -0.39 is 5.97 Å². The van der Waals surface area contributed by atoms with Gasteiger partial charge in [-0.25, -0.2) is 4.79 Å². The number of hydrogen-bond donors (Lipinski definition) is 2. The Labute approximate surface area is 80.1 Å². The first kappa shape index (κ1) is 8.44. The van der Waals surface area contributed by atoms with Crippen molar-refractivity contribution in [1.82, 2.24) is 0 Å². The molecule has 1 aromatic rings. The zero-order valence-corrected chi connectivity index (χ0v) is 7.94. The van der Waals surface area contributed by atoms with Gasteiger partial charge in [0.15, 0.2) is 0 Å². The van der Waals surface area contributed by atoms with E-state index in [0.29, 0.717) is 5.56 Å². The zero-order chi connectivity index (χ0) is 9.42. The number of nitrogens with one attached hydrogen (secondary N) is 1. The normalized spacial score (nSPS) is 13.6. The standard InChI is InChI=1S/C9H9NO2S/c1-5-2-6(9(11)12)3-7-8(5)10-4-13-7/h2-3,10H,4H2,1H3,(H,11,12). The van der Waals surface area contributed by atoms with Crippen LogP contribution in [0.2, 0.25) is 0 Å². The molecule has 1 aromatic carbocycles. The Bertz CT molecular complexity index is 376. The minimum absolute atomic E-state index is 0.368. The van der Waals surface area contributed by atoms with Gasteiger partial charge in [-0.15, -0.1) is 11.8 Å². The van der Waals surface area contributed by atoms with Crippen LogP contribution >= 0.6 is 11.8 Å². The molecule has 0 fully saturated rings. The fourth-order valence-corrected chi connectivity index (χ4v) is 2.36. The molecule has 2 rings (SSSR count). The summed E-state index contributed by atoms with van der Waals surface area (Å²) in [4.78, 5) is 11.8. The molecule has 0 saturated carbocycles. The van der Waals surface area contributed by atoms with E-state index in [1.807, 2.05) is 6.92 Å². The molecule has 3 nitrogen and oxygen atoms in total. The molecule has 1 aliphatic heterocycles. The van der Waals surface area contributed by atoms with Crippen LogP contribution in [0.15, 0.2) is 17.0 Å². The maximum absolute atomic E-state index is 10.7. The average molecular weight is 195 g/mol. The van der Waals surface area contributed by atoms with Gasteiger partial charge in [-0.1, -0.05) is 0 Å². The molecule has 1 aliphatic rings. The molecule has 0 aliphatic carbocycles. The van der Waals surface area contributed by atoms with Crippen LogP contribution in [0, 0.1) is 6.92 Å². The van der Waals surface area contributed by atoms with Gasteiger partial charge in [0.1, 0.15) is 0 Å². The minimum atomic E-state index is -0.863. The number of hydrogen-bond acceptors (Lipinski definition) is 3. The predicted octanol–water partition coefficient (Wildman–Crippen LogP) is 2.17. The van der Waals surface area contributed by atoms with Gasteiger partial charge in [-0.3, -0.25) is 0 Å². The van der Waals surface area contributed by atoms with Crippen molar-refractivity contribution < 1.29 is 9.90 Å². The van der Waals surface area contributed by atoms with Gasteiger partial charge in [0, 0.05) is 4.90 Å². The number of thioether (sulfide) groups is 1. The third kappa shape index (κ3) is 1.37.